The smallest absolute Gasteiger partial charge is 0.256 e. The van der Waals surface area contributed by atoms with Crippen LogP contribution in [0.2, 0.25) is 10.0 Å². The molecule has 3 aliphatic rings. The van der Waals surface area contributed by atoms with Gasteiger partial charge in [-0.1, -0.05) is 35.7 Å². The summed E-state index contributed by atoms with van der Waals surface area (Å²) in [6, 6.07) is 9.44. The number of amides is 2. The van der Waals surface area contributed by atoms with E-state index in [1.54, 1.807) is 30.3 Å². The molecule has 0 aliphatic carbocycles. The minimum atomic E-state index is -3.83. The Morgan fingerprint density at radius 3 is 2.44 bits per heavy atom. The van der Waals surface area contributed by atoms with E-state index in [4.69, 9.17) is 23.2 Å². The average molecular weight is 642 g/mol. The standard InChI is InChI=1S/C32H34Cl2N4O4S/c1-20-29(35-28-9-6-14-38(32(40)30(20)28)16-15-37-12-3-2-4-13-37)18-23-22-17-21(10-11-27(22)36-31(23)39)43(41,42)19-24-25(33)7-5-8-26(24)34/h5,7-8,10-11,17-18,35H,2-4,6,9,12-16,19H2,1H3,(H,36,39). The molecular formula is C32H34Cl2N4O4S. The van der Waals surface area contributed by atoms with E-state index >= 15 is 0 Å². The van der Waals surface area contributed by atoms with E-state index in [9.17, 15) is 18.0 Å². The van der Waals surface area contributed by atoms with Crippen LogP contribution < -0.4 is 5.32 Å². The Morgan fingerprint density at radius 2 is 1.70 bits per heavy atom. The number of H-pyrrole nitrogens is 1. The Hall–Kier alpha value is -3.11. The van der Waals surface area contributed by atoms with Gasteiger partial charge in [-0.3, -0.25) is 9.59 Å². The lowest BCUT2D eigenvalue weighted by atomic mass is 10.0. The van der Waals surface area contributed by atoms with Crippen molar-refractivity contribution in [2.45, 2.75) is 49.7 Å². The van der Waals surface area contributed by atoms with Crippen molar-refractivity contribution >= 4 is 62.2 Å². The molecule has 0 unspecified atom stereocenters. The summed E-state index contributed by atoms with van der Waals surface area (Å²) in [5, 5.41) is 3.38. The van der Waals surface area contributed by atoms with Gasteiger partial charge in [-0.05, 0) is 87.7 Å². The first-order valence-electron chi connectivity index (χ1n) is 14.7. The van der Waals surface area contributed by atoms with Gasteiger partial charge in [-0.15, -0.1) is 0 Å². The summed E-state index contributed by atoms with van der Waals surface area (Å²) >= 11 is 12.5. The highest BCUT2D eigenvalue weighted by Gasteiger charge is 2.31. The normalized spacial score (nSPS) is 18.5. The monoisotopic (exact) mass is 640 g/mol. The van der Waals surface area contributed by atoms with Crippen LogP contribution in [-0.2, 0) is 26.8 Å². The topological polar surface area (TPSA) is 103 Å². The van der Waals surface area contributed by atoms with Crippen molar-refractivity contribution in [2.75, 3.05) is 38.0 Å². The summed E-state index contributed by atoms with van der Waals surface area (Å²) in [6.07, 6.45) is 7.02. The summed E-state index contributed by atoms with van der Waals surface area (Å²) in [4.78, 5) is 34.6. The molecule has 11 heteroatoms. The Labute approximate surface area is 262 Å². The molecule has 43 heavy (non-hydrogen) atoms. The van der Waals surface area contributed by atoms with Crippen molar-refractivity contribution in [3.63, 3.8) is 0 Å². The van der Waals surface area contributed by atoms with Crippen molar-refractivity contribution < 1.29 is 18.0 Å². The molecule has 1 saturated heterocycles. The van der Waals surface area contributed by atoms with E-state index in [1.807, 2.05) is 11.8 Å². The molecular weight excluding hydrogens is 607 g/mol. The summed E-state index contributed by atoms with van der Waals surface area (Å²) in [7, 11) is -3.83. The van der Waals surface area contributed by atoms with Crippen LogP contribution in [0, 0.1) is 6.92 Å². The number of rotatable bonds is 7. The SMILES string of the molecule is Cc1c(C=C2C(=O)Nc3ccc(S(=O)(=O)Cc4c(Cl)cccc4Cl)cc32)[nH]c2c1C(=O)N(CCN1CCCCC1)CCC2. The molecule has 0 spiro atoms. The van der Waals surface area contributed by atoms with Crippen molar-refractivity contribution in [2.24, 2.45) is 0 Å². The van der Waals surface area contributed by atoms with E-state index in [0.29, 0.717) is 40.2 Å². The number of hydrogen-bond acceptors (Lipinski definition) is 5. The zero-order valence-corrected chi connectivity index (χ0v) is 26.3. The fourth-order valence-corrected chi connectivity index (χ4v) is 8.38. The lowest BCUT2D eigenvalue weighted by Crippen LogP contribution is -2.40. The molecule has 1 aromatic heterocycles. The second kappa shape index (κ2) is 12.1. The third-order valence-corrected chi connectivity index (χ3v) is 11.0. The third-order valence-electron chi connectivity index (χ3n) is 8.67. The van der Waals surface area contributed by atoms with E-state index in [1.165, 1.54) is 31.4 Å². The van der Waals surface area contributed by atoms with Crippen molar-refractivity contribution in [3.05, 3.63) is 80.1 Å². The second-order valence-electron chi connectivity index (χ2n) is 11.5. The first kappa shape index (κ1) is 29.9. The highest BCUT2D eigenvalue weighted by atomic mass is 35.5. The number of hydrogen-bond donors (Lipinski definition) is 2. The number of nitrogens with zero attached hydrogens (tertiary/aromatic N) is 2. The Morgan fingerprint density at radius 1 is 0.953 bits per heavy atom. The number of aryl methyl sites for hydroxylation is 1. The molecule has 3 aromatic rings. The zero-order valence-electron chi connectivity index (χ0n) is 24.0. The Bertz CT molecular complexity index is 1720. The summed E-state index contributed by atoms with van der Waals surface area (Å²) in [6.45, 7) is 6.38. The maximum atomic E-state index is 13.7. The van der Waals surface area contributed by atoms with Crippen LogP contribution in [-0.4, -0.2) is 67.7 Å². The molecule has 226 valence electrons. The van der Waals surface area contributed by atoms with E-state index in [0.717, 1.165) is 50.3 Å². The molecule has 2 amide bonds. The Balaban J connectivity index is 1.28. The minimum Gasteiger partial charge on any atom is -0.358 e. The van der Waals surface area contributed by atoms with Gasteiger partial charge in [-0.25, -0.2) is 8.42 Å². The third kappa shape index (κ3) is 6.00. The van der Waals surface area contributed by atoms with Gasteiger partial charge in [0.25, 0.3) is 11.8 Å². The molecule has 0 bridgehead atoms. The van der Waals surface area contributed by atoms with Gasteiger partial charge < -0.3 is 20.1 Å². The van der Waals surface area contributed by atoms with Gasteiger partial charge in [0.15, 0.2) is 9.84 Å². The molecule has 0 atom stereocenters. The van der Waals surface area contributed by atoms with Crippen LogP contribution in [0.25, 0.3) is 11.6 Å². The van der Waals surface area contributed by atoms with Crippen molar-refractivity contribution in [1.82, 2.24) is 14.8 Å². The summed E-state index contributed by atoms with van der Waals surface area (Å²) in [5.41, 5.74) is 4.68. The fourth-order valence-electron chi connectivity index (χ4n) is 6.26. The lowest BCUT2D eigenvalue weighted by molar-refractivity contribution is -0.110. The lowest BCUT2D eigenvalue weighted by Gasteiger charge is -2.29. The van der Waals surface area contributed by atoms with Crippen LogP contribution in [0.4, 0.5) is 5.69 Å². The van der Waals surface area contributed by atoms with E-state index < -0.39 is 9.84 Å². The minimum absolute atomic E-state index is 0.0193. The summed E-state index contributed by atoms with van der Waals surface area (Å²) < 4.78 is 26.8. The number of benzene rings is 2. The van der Waals surface area contributed by atoms with Crippen molar-refractivity contribution in [3.8, 4) is 0 Å². The number of anilines is 1. The maximum absolute atomic E-state index is 13.7. The fraction of sp³-hybridized carbons (Fsp3) is 0.375. The zero-order chi connectivity index (χ0) is 30.3. The highest BCUT2D eigenvalue weighted by molar-refractivity contribution is 7.90. The quantitative estimate of drug-likeness (QED) is 0.310. The first-order chi connectivity index (χ1) is 20.6. The summed E-state index contributed by atoms with van der Waals surface area (Å²) in [5.74, 6) is -0.688. The first-order valence-corrected chi connectivity index (χ1v) is 17.1. The van der Waals surface area contributed by atoms with Gasteiger partial charge in [-0.2, -0.15) is 0 Å². The number of fused-ring (bicyclic) bond motifs is 2. The molecule has 0 radical (unpaired) electrons. The van der Waals surface area contributed by atoms with E-state index in [-0.39, 0.29) is 32.5 Å². The molecule has 8 nitrogen and oxygen atoms in total. The number of likely N-dealkylation sites (tertiary alicyclic amines) is 1. The van der Waals surface area contributed by atoms with Crippen LogP contribution >= 0.6 is 23.2 Å². The molecule has 6 rings (SSSR count). The largest absolute Gasteiger partial charge is 0.358 e. The van der Waals surface area contributed by atoms with Gasteiger partial charge >= 0.3 is 0 Å². The highest BCUT2D eigenvalue weighted by Crippen LogP contribution is 2.37. The molecule has 2 aromatic carbocycles. The molecule has 1 fully saturated rings. The molecule has 3 aliphatic heterocycles. The van der Waals surface area contributed by atoms with Crippen LogP contribution in [0.15, 0.2) is 41.3 Å². The van der Waals surface area contributed by atoms with Crippen LogP contribution in [0.3, 0.4) is 0 Å². The average Bonchev–Trinajstić information content (AvgIpc) is 3.41. The number of nitrogens with one attached hydrogen (secondary N) is 2. The number of carbonyl (C=O) groups is 2. The second-order valence-corrected chi connectivity index (χ2v) is 14.3. The van der Waals surface area contributed by atoms with Crippen molar-refractivity contribution in [1.29, 1.82) is 0 Å². The van der Waals surface area contributed by atoms with Crippen LogP contribution in [0.5, 0.6) is 0 Å². The van der Waals surface area contributed by atoms with Gasteiger partial charge in [0, 0.05) is 57.9 Å². The maximum Gasteiger partial charge on any atom is 0.256 e. The van der Waals surface area contributed by atoms with Gasteiger partial charge in [0.2, 0.25) is 0 Å². The van der Waals surface area contributed by atoms with Gasteiger partial charge in [0.05, 0.1) is 21.8 Å². The molecule has 4 heterocycles. The number of aromatic amines is 1. The number of sulfone groups is 1. The number of piperidine rings is 1. The van der Waals surface area contributed by atoms with E-state index in [2.05, 4.69) is 15.2 Å². The predicted octanol–water partition coefficient (Wildman–Crippen LogP) is 5.97. The number of carbonyl (C=O) groups excluding carboxylic acids is 2. The molecule has 0 saturated carbocycles. The molecule has 2 N–H and O–H groups in total. The Kier molecular flexibility index (Phi) is 8.43. The van der Waals surface area contributed by atoms with Crippen LogP contribution in [0.1, 0.15) is 64.1 Å². The number of halogens is 2. The predicted molar refractivity (Wildman–Crippen MR) is 170 cm³/mol. The van der Waals surface area contributed by atoms with Gasteiger partial charge in [0.1, 0.15) is 0 Å². The number of aromatic nitrogens is 1.